The molecule has 1 heterocycles. The zero-order valence-corrected chi connectivity index (χ0v) is 22.5. The van der Waals surface area contributed by atoms with Crippen LogP contribution in [0.25, 0.3) is 11.1 Å². The molecule has 2 aliphatic rings. The van der Waals surface area contributed by atoms with Gasteiger partial charge in [-0.05, 0) is 54.7 Å². The summed E-state index contributed by atoms with van der Waals surface area (Å²) >= 11 is 0. The zero-order chi connectivity index (χ0) is 28.2. The van der Waals surface area contributed by atoms with Crippen molar-refractivity contribution in [1.29, 1.82) is 0 Å². The molecular weight excluding hydrogens is 510 g/mol. The number of rotatable bonds is 8. The van der Waals surface area contributed by atoms with E-state index in [1.54, 1.807) is 14.0 Å². The monoisotopic (exact) mass is 541 g/mol. The number of nitro groups is 1. The summed E-state index contributed by atoms with van der Waals surface area (Å²) in [5.74, 6) is -1.11. The van der Waals surface area contributed by atoms with Crippen molar-refractivity contribution >= 4 is 29.0 Å². The zero-order valence-electron chi connectivity index (χ0n) is 22.5. The lowest BCUT2D eigenvalue weighted by atomic mass is 9.84. The van der Waals surface area contributed by atoms with Crippen LogP contribution >= 0.6 is 0 Å². The number of nitrogens with zero attached hydrogens (tertiary/aromatic N) is 3. The predicted molar refractivity (Wildman–Crippen MR) is 152 cm³/mol. The van der Waals surface area contributed by atoms with E-state index >= 15 is 0 Å². The second-order valence-electron chi connectivity index (χ2n) is 10.3. The van der Waals surface area contributed by atoms with Crippen LogP contribution in [-0.2, 0) is 16.0 Å². The van der Waals surface area contributed by atoms with Gasteiger partial charge in [0.05, 0.1) is 23.4 Å². The highest BCUT2D eigenvalue weighted by Crippen LogP contribution is 2.41. The number of nitro benzene ring substituents is 1. The van der Waals surface area contributed by atoms with E-state index in [9.17, 15) is 19.7 Å². The molecule has 1 fully saturated rings. The number of amides is 1. The minimum atomic E-state index is -1.22. The third kappa shape index (κ3) is 5.59. The Morgan fingerprint density at radius 3 is 2.40 bits per heavy atom. The van der Waals surface area contributed by atoms with Gasteiger partial charge in [-0.15, -0.1) is 0 Å². The third-order valence-corrected chi connectivity index (χ3v) is 7.55. The molecule has 3 aromatic rings. The van der Waals surface area contributed by atoms with E-state index in [-0.39, 0.29) is 11.4 Å². The Balaban J connectivity index is 1.46. The predicted octanol–water partition coefficient (Wildman–Crippen LogP) is 6.34. The first-order valence-corrected chi connectivity index (χ1v) is 13.5. The summed E-state index contributed by atoms with van der Waals surface area (Å²) in [6.45, 7) is 1.62. The van der Waals surface area contributed by atoms with Crippen LogP contribution in [0.5, 0.6) is 11.5 Å². The molecule has 9 heteroatoms. The third-order valence-electron chi connectivity index (χ3n) is 7.55. The van der Waals surface area contributed by atoms with Gasteiger partial charge < -0.3 is 9.47 Å². The molecule has 9 nitrogen and oxygen atoms in total. The molecule has 0 aromatic heterocycles. The number of hydrogen-bond acceptors (Lipinski definition) is 7. The molecule has 0 bridgehead atoms. The van der Waals surface area contributed by atoms with E-state index in [0.717, 1.165) is 41.7 Å². The van der Waals surface area contributed by atoms with Crippen LogP contribution in [-0.4, -0.2) is 29.6 Å². The van der Waals surface area contributed by atoms with Crippen molar-refractivity contribution in [3.05, 3.63) is 82.4 Å². The Morgan fingerprint density at radius 1 is 1.05 bits per heavy atom. The van der Waals surface area contributed by atoms with Crippen molar-refractivity contribution in [3.63, 3.8) is 0 Å². The highest BCUT2D eigenvalue weighted by atomic mass is 16.6. The number of carbonyl (C=O) groups is 2. The van der Waals surface area contributed by atoms with Gasteiger partial charge in [0, 0.05) is 17.7 Å². The lowest BCUT2D eigenvalue weighted by Crippen LogP contribution is -2.35. The average molecular weight is 542 g/mol. The summed E-state index contributed by atoms with van der Waals surface area (Å²) in [6.07, 6.45) is 6.83. The number of benzene rings is 3. The van der Waals surface area contributed by atoms with Crippen molar-refractivity contribution in [2.75, 3.05) is 12.1 Å². The molecule has 206 valence electrons. The van der Waals surface area contributed by atoms with Gasteiger partial charge in [0.25, 0.3) is 11.6 Å². The Kier molecular flexibility index (Phi) is 7.91. The molecule has 1 unspecified atom stereocenters. The second-order valence-corrected chi connectivity index (χ2v) is 10.3. The lowest BCUT2D eigenvalue weighted by Gasteiger charge is -2.25. The number of esters is 1. The molecule has 1 atom stereocenters. The molecular formula is C31H31N3O6. The van der Waals surface area contributed by atoms with Gasteiger partial charge in [0.2, 0.25) is 0 Å². The first-order valence-electron chi connectivity index (χ1n) is 13.5. The molecule has 1 amide bonds. The van der Waals surface area contributed by atoms with E-state index in [1.165, 1.54) is 48.5 Å². The van der Waals surface area contributed by atoms with Crippen LogP contribution in [0.3, 0.4) is 0 Å². The first kappa shape index (κ1) is 27.1. The summed E-state index contributed by atoms with van der Waals surface area (Å²) < 4.78 is 11.3. The molecule has 0 N–H and O–H groups in total. The van der Waals surface area contributed by atoms with E-state index in [4.69, 9.17) is 9.47 Å². The SMILES string of the molecule is COc1c(CC2CCCCC2)cc(N2N=C(C)C(C(=O)Oc3ccc([N+](=O)[O-])cc3)C2=O)cc1-c1ccccc1. The Hall–Kier alpha value is -4.53. The summed E-state index contributed by atoms with van der Waals surface area (Å²) in [5, 5.41) is 16.7. The molecule has 40 heavy (non-hydrogen) atoms. The summed E-state index contributed by atoms with van der Waals surface area (Å²) in [4.78, 5) is 37.0. The van der Waals surface area contributed by atoms with E-state index in [1.807, 2.05) is 42.5 Å². The van der Waals surface area contributed by atoms with Crippen molar-refractivity contribution in [3.8, 4) is 22.6 Å². The minimum Gasteiger partial charge on any atom is -0.496 e. The largest absolute Gasteiger partial charge is 0.496 e. The minimum absolute atomic E-state index is 0.111. The average Bonchev–Trinajstić information content (AvgIpc) is 3.27. The molecule has 1 saturated carbocycles. The summed E-state index contributed by atoms with van der Waals surface area (Å²) in [7, 11) is 1.67. The highest BCUT2D eigenvalue weighted by molar-refractivity contribution is 6.25. The molecule has 0 spiro atoms. The fourth-order valence-corrected chi connectivity index (χ4v) is 5.55. The topological polar surface area (TPSA) is 111 Å². The van der Waals surface area contributed by atoms with Gasteiger partial charge >= 0.3 is 5.97 Å². The van der Waals surface area contributed by atoms with E-state index in [2.05, 4.69) is 5.10 Å². The van der Waals surface area contributed by atoms with Gasteiger partial charge in [0.1, 0.15) is 11.5 Å². The Labute approximate surface area is 232 Å². The summed E-state index contributed by atoms with van der Waals surface area (Å²) in [5.41, 5.74) is 3.54. The van der Waals surface area contributed by atoms with Crippen molar-refractivity contribution in [2.24, 2.45) is 16.9 Å². The van der Waals surface area contributed by atoms with Gasteiger partial charge in [-0.3, -0.25) is 19.7 Å². The quantitative estimate of drug-likeness (QED) is 0.108. The molecule has 1 aliphatic heterocycles. The number of non-ortho nitro benzene ring substituents is 1. The van der Waals surface area contributed by atoms with Crippen molar-refractivity contribution < 1.29 is 24.0 Å². The molecule has 0 radical (unpaired) electrons. The maximum atomic E-state index is 13.6. The van der Waals surface area contributed by atoms with Gasteiger partial charge in [-0.1, -0.05) is 62.4 Å². The normalized spacial score (nSPS) is 17.4. The molecule has 5 rings (SSSR count). The maximum Gasteiger partial charge on any atom is 0.329 e. The Bertz CT molecular complexity index is 1450. The number of carbonyl (C=O) groups excluding carboxylic acids is 2. The van der Waals surface area contributed by atoms with Gasteiger partial charge in [-0.25, -0.2) is 0 Å². The van der Waals surface area contributed by atoms with Crippen LogP contribution < -0.4 is 14.5 Å². The van der Waals surface area contributed by atoms with Crippen LogP contribution in [0, 0.1) is 22.0 Å². The Morgan fingerprint density at radius 2 is 1.75 bits per heavy atom. The van der Waals surface area contributed by atoms with Crippen LogP contribution in [0.1, 0.15) is 44.6 Å². The van der Waals surface area contributed by atoms with Gasteiger partial charge in [-0.2, -0.15) is 10.1 Å². The number of methoxy groups -OCH3 is 1. The van der Waals surface area contributed by atoms with E-state index in [0.29, 0.717) is 17.3 Å². The fourth-order valence-electron chi connectivity index (χ4n) is 5.55. The van der Waals surface area contributed by atoms with Crippen molar-refractivity contribution in [1.82, 2.24) is 0 Å². The number of hydrazone groups is 1. The van der Waals surface area contributed by atoms with Crippen LogP contribution in [0.15, 0.2) is 71.8 Å². The standard InChI is InChI=1S/C31H31N3O6/c1-20-28(31(36)40-26-15-13-24(14-16-26)34(37)38)30(35)33(32-20)25-18-23(17-21-9-5-3-6-10-21)29(39-2)27(19-25)22-11-7-4-8-12-22/h4,7-8,11-16,18-19,21,28H,3,5-6,9-10,17H2,1-2H3. The number of hydrogen-bond donors (Lipinski definition) is 0. The van der Waals surface area contributed by atoms with Gasteiger partial charge in [0.15, 0.2) is 5.92 Å². The lowest BCUT2D eigenvalue weighted by molar-refractivity contribution is -0.384. The second kappa shape index (κ2) is 11.7. The molecule has 0 saturated heterocycles. The fraction of sp³-hybridized carbons (Fsp3) is 0.323. The first-order chi connectivity index (χ1) is 19.4. The molecule has 1 aliphatic carbocycles. The highest BCUT2D eigenvalue weighted by Gasteiger charge is 2.41. The smallest absolute Gasteiger partial charge is 0.329 e. The number of anilines is 1. The molecule has 3 aromatic carbocycles. The summed E-state index contributed by atoms with van der Waals surface area (Å²) in [6, 6.07) is 18.8. The van der Waals surface area contributed by atoms with Crippen LogP contribution in [0.4, 0.5) is 11.4 Å². The van der Waals surface area contributed by atoms with Crippen molar-refractivity contribution in [2.45, 2.75) is 45.4 Å². The maximum absolute atomic E-state index is 13.6. The van der Waals surface area contributed by atoms with Crippen LogP contribution in [0.2, 0.25) is 0 Å². The van der Waals surface area contributed by atoms with E-state index < -0.39 is 22.7 Å². The number of ether oxygens (including phenoxy) is 2.